The summed E-state index contributed by atoms with van der Waals surface area (Å²) in [4.78, 5) is 25.8. The van der Waals surface area contributed by atoms with Gasteiger partial charge in [-0.1, -0.05) is 28.1 Å². The van der Waals surface area contributed by atoms with Crippen LogP contribution >= 0.6 is 15.9 Å². The SMILES string of the molecule is COc1ccc(/C=C2/Oc3c(ccc4c3C(c3cc(Br)cc5c3OCOC5)CC(=O)O4)C2=O)cc1. The van der Waals surface area contributed by atoms with Crippen molar-refractivity contribution in [3.05, 3.63) is 86.6 Å². The van der Waals surface area contributed by atoms with E-state index >= 15 is 0 Å². The summed E-state index contributed by atoms with van der Waals surface area (Å²) in [6.07, 6.45) is 1.78. The van der Waals surface area contributed by atoms with Crippen LogP contribution in [0.3, 0.4) is 0 Å². The number of hydrogen-bond donors (Lipinski definition) is 0. The zero-order valence-electron chi connectivity index (χ0n) is 18.6. The summed E-state index contributed by atoms with van der Waals surface area (Å²) < 4.78 is 29.0. The first-order chi connectivity index (χ1) is 17.0. The van der Waals surface area contributed by atoms with Crippen LogP contribution < -0.4 is 18.9 Å². The van der Waals surface area contributed by atoms with Crippen LogP contribution in [-0.2, 0) is 16.1 Å². The third-order valence-corrected chi connectivity index (χ3v) is 6.73. The third-order valence-electron chi connectivity index (χ3n) is 6.27. The molecule has 7 nitrogen and oxygen atoms in total. The van der Waals surface area contributed by atoms with E-state index in [1.807, 2.05) is 36.4 Å². The molecule has 0 saturated heterocycles. The molecule has 1 atom stereocenters. The molecule has 3 aromatic rings. The molecule has 0 aromatic heterocycles. The molecule has 0 bridgehead atoms. The van der Waals surface area contributed by atoms with E-state index in [1.165, 1.54) is 0 Å². The Morgan fingerprint density at radius 1 is 1.03 bits per heavy atom. The molecule has 0 radical (unpaired) electrons. The number of methoxy groups -OCH3 is 1. The van der Waals surface area contributed by atoms with Crippen molar-refractivity contribution in [2.75, 3.05) is 13.9 Å². The summed E-state index contributed by atoms with van der Waals surface area (Å²) in [6, 6.07) is 14.5. The number of esters is 1. The van der Waals surface area contributed by atoms with Crippen molar-refractivity contribution in [3.63, 3.8) is 0 Å². The van der Waals surface area contributed by atoms with Crippen LogP contribution in [-0.4, -0.2) is 25.7 Å². The lowest BCUT2D eigenvalue weighted by Gasteiger charge is -2.29. The van der Waals surface area contributed by atoms with Gasteiger partial charge in [-0.2, -0.15) is 0 Å². The number of carbonyl (C=O) groups excluding carboxylic acids is 2. The summed E-state index contributed by atoms with van der Waals surface area (Å²) in [5.74, 6) is 1.39. The highest BCUT2D eigenvalue weighted by Crippen LogP contribution is 2.51. The van der Waals surface area contributed by atoms with Gasteiger partial charge in [-0.25, -0.2) is 0 Å². The predicted molar refractivity (Wildman–Crippen MR) is 129 cm³/mol. The van der Waals surface area contributed by atoms with Gasteiger partial charge in [0.25, 0.3) is 0 Å². The number of benzene rings is 3. The van der Waals surface area contributed by atoms with Gasteiger partial charge in [-0.15, -0.1) is 0 Å². The topological polar surface area (TPSA) is 80.3 Å². The minimum atomic E-state index is -0.418. The van der Waals surface area contributed by atoms with Crippen LogP contribution in [0.5, 0.6) is 23.0 Å². The van der Waals surface area contributed by atoms with Crippen LogP contribution in [0.15, 0.2) is 58.8 Å². The van der Waals surface area contributed by atoms with Gasteiger partial charge in [-0.05, 0) is 48.0 Å². The Kier molecular flexibility index (Phi) is 5.35. The lowest BCUT2D eigenvalue weighted by atomic mass is 9.83. The zero-order chi connectivity index (χ0) is 24.1. The van der Waals surface area contributed by atoms with Crippen LogP contribution in [0.25, 0.3) is 6.08 Å². The molecule has 35 heavy (non-hydrogen) atoms. The lowest BCUT2D eigenvalue weighted by Crippen LogP contribution is -2.23. The molecule has 0 saturated carbocycles. The van der Waals surface area contributed by atoms with E-state index in [1.54, 1.807) is 25.3 Å². The molecule has 3 heterocycles. The molecule has 0 aliphatic carbocycles. The first-order valence-electron chi connectivity index (χ1n) is 11.0. The average molecular weight is 535 g/mol. The largest absolute Gasteiger partial charge is 0.497 e. The van der Waals surface area contributed by atoms with Gasteiger partial charge in [0.2, 0.25) is 5.78 Å². The molecule has 176 valence electrons. The number of ether oxygens (including phenoxy) is 5. The quantitative estimate of drug-likeness (QED) is 0.253. The van der Waals surface area contributed by atoms with Crippen molar-refractivity contribution >= 4 is 33.8 Å². The molecule has 8 heteroatoms. The van der Waals surface area contributed by atoms with Crippen LogP contribution in [0.1, 0.15) is 45.0 Å². The second-order valence-corrected chi connectivity index (χ2v) is 9.31. The normalized spacial score (nSPS) is 19.3. The van der Waals surface area contributed by atoms with Gasteiger partial charge in [0.1, 0.15) is 23.0 Å². The van der Waals surface area contributed by atoms with Crippen LogP contribution in [0.2, 0.25) is 0 Å². The maximum absolute atomic E-state index is 13.2. The average Bonchev–Trinajstić information content (AvgIpc) is 3.18. The van der Waals surface area contributed by atoms with Crippen molar-refractivity contribution in [2.45, 2.75) is 18.9 Å². The van der Waals surface area contributed by atoms with Gasteiger partial charge in [0.05, 0.1) is 25.7 Å². The molecular weight excluding hydrogens is 516 g/mol. The fourth-order valence-electron chi connectivity index (χ4n) is 4.69. The van der Waals surface area contributed by atoms with E-state index in [9.17, 15) is 9.59 Å². The van der Waals surface area contributed by atoms with Gasteiger partial charge in [0.15, 0.2) is 12.6 Å². The molecule has 0 spiro atoms. The summed E-state index contributed by atoms with van der Waals surface area (Å²) in [5.41, 5.74) is 3.58. The monoisotopic (exact) mass is 534 g/mol. The van der Waals surface area contributed by atoms with Gasteiger partial charge >= 0.3 is 5.97 Å². The maximum atomic E-state index is 13.2. The fourth-order valence-corrected chi connectivity index (χ4v) is 5.21. The fraction of sp³-hybridized carbons (Fsp3) is 0.185. The summed E-state index contributed by atoms with van der Waals surface area (Å²) in [5, 5.41) is 0. The van der Waals surface area contributed by atoms with E-state index in [2.05, 4.69) is 15.9 Å². The second kappa shape index (κ2) is 8.55. The smallest absolute Gasteiger partial charge is 0.312 e. The Morgan fingerprint density at radius 3 is 2.66 bits per heavy atom. The van der Waals surface area contributed by atoms with Crippen LogP contribution in [0.4, 0.5) is 0 Å². The molecule has 3 aliphatic heterocycles. The number of ketones is 1. The lowest BCUT2D eigenvalue weighted by molar-refractivity contribution is -0.135. The Balaban J connectivity index is 1.46. The van der Waals surface area contributed by atoms with Crippen molar-refractivity contribution in [1.82, 2.24) is 0 Å². The van der Waals surface area contributed by atoms with Crippen LogP contribution in [0, 0.1) is 0 Å². The van der Waals surface area contributed by atoms with E-state index in [0.29, 0.717) is 35.0 Å². The number of Topliss-reactive ketones (excluding diaryl/α,β-unsaturated/α-hetero) is 1. The van der Waals surface area contributed by atoms with Crippen molar-refractivity contribution in [1.29, 1.82) is 0 Å². The first kappa shape index (κ1) is 21.9. The van der Waals surface area contributed by atoms with E-state index < -0.39 is 5.92 Å². The molecule has 3 aliphatic rings. The Bertz CT molecular complexity index is 1410. The Hall–Kier alpha value is -3.62. The highest BCUT2D eigenvalue weighted by atomic mass is 79.9. The highest BCUT2D eigenvalue weighted by molar-refractivity contribution is 9.10. The molecule has 0 fully saturated rings. The van der Waals surface area contributed by atoms with Gasteiger partial charge < -0.3 is 23.7 Å². The summed E-state index contributed by atoms with van der Waals surface area (Å²) in [6.45, 7) is 0.532. The minimum Gasteiger partial charge on any atom is -0.497 e. The van der Waals surface area contributed by atoms with E-state index in [0.717, 1.165) is 26.9 Å². The standard InChI is InChI=1S/C27H19BrO7/c1-31-17-4-2-14(3-5-17)8-22-25(30)18-6-7-21-24(27(18)35-22)19(11-23(29)34-21)20-10-16(28)9-15-12-32-13-33-26(15)20/h2-10,19H,11-13H2,1H3/b22-8+. The third kappa shape index (κ3) is 3.79. The molecular formula is C27H19BrO7. The first-order valence-corrected chi connectivity index (χ1v) is 11.8. The number of halogens is 1. The summed E-state index contributed by atoms with van der Waals surface area (Å²) in [7, 11) is 1.60. The maximum Gasteiger partial charge on any atom is 0.312 e. The predicted octanol–water partition coefficient (Wildman–Crippen LogP) is 5.38. The number of fused-ring (bicyclic) bond motifs is 4. The van der Waals surface area contributed by atoms with E-state index in [-0.39, 0.29) is 30.7 Å². The zero-order valence-corrected chi connectivity index (χ0v) is 20.2. The minimum absolute atomic E-state index is 0.0889. The number of hydrogen-bond acceptors (Lipinski definition) is 7. The molecule has 3 aromatic carbocycles. The van der Waals surface area contributed by atoms with Crippen molar-refractivity contribution < 1.29 is 33.3 Å². The molecule has 0 amide bonds. The number of carbonyl (C=O) groups is 2. The van der Waals surface area contributed by atoms with Crippen molar-refractivity contribution in [2.24, 2.45) is 0 Å². The number of rotatable bonds is 3. The molecule has 6 rings (SSSR count). The number of allylic oxidation sites excluding steroid dienone is 1. The summed E-state index contributed by atoms with van der Waals surface area (Å²) >= 11 is 3.56. The Morgan fingerprint density at radius 2 is 1.86 bits per heavy atom. The second-order valence-electron chi connectivity index (χ2n) is 8.39. The highest BCUT2D eigenvalue weighted by Gasteiger charge is 2.40. The molecule has 1 unspecified atom stereocenters. The molecule has 0 N–H and O–H groups in total. The van der Waals surface area contributed by atoms with E-state index in [4.69, 9.17) is 23.7 Å². The van der Waals surface area contributed by atoms with Gasteiger partial charge in [0, 0.05) is 27.1 Å². The Labute approximate surface area is 209 Å². The van der Waals surface area contributed by atoms with Crippen molar-refractivity contribution in [3.8, 4) is 23.0 Å². The van der Waals surface area contributed by atoms with Gasteiger partial charge in [-0.3, -0.25) is 9.59 Å².